The van der Waals surface area contributed by atoms with E-state index in [9.17, 15) is 5.11 Å². The molecule has 0 saturated heterocycles. The molecule has 6 heteroatoms. The molecule has 0 radical (unpaired) electrons. The Morgan fingerprint density at radius 3 is 3.00 bits per heavy atom. The van der Waals surface area contributed by atoms with Crippen LogP contribution in [0.25, 0.3) is 0 Å². The number of nitrogens with zero attached hydrogens (tertiary/aromatic N) is 2. The molecule has 0 amide bonds. The van der Waals surface area contributed by atoms with Gasteiger partial charge in [-0.25, -0.2) is 4.98 Å². The van der Waals surface area contributed by atoms with Crippen LogP contribution in [0.3, 0.4) is 0 Å². The predicted molar refractivity (Wildman–Crippen MR) is 78.0 cm³/mol. The fourth-order valence-electron chi connectivity index (χ4n) is 1.54. The molecule has 102 valence electrons. The zero-order valence-corrected chi connectivity index (χ0v) is 12.5. The second-order valence-electron chi connectivity index (χ2n) is 3.93. The summed E-state index contributed by atoms with van der Waals surface area (Å²) in [5.74, 6) is 2.18. The van der Waals surface area contributed by atoms with Crippen LogP contribution in [0.2, 0.25) is 0 Å². The van der Waals surface area contributed by atoms with Crippen molar-refractivity contribution in [1.82, 2.24) is 9.36 Å². The normalized spacial score (nSPS) is 12.4. The van der Waals surface area contributed by atoms with Crippen molar-refractivity contribution in [3.63, 3.8) is 0 Å². The molecular formula is C13H16N2O2S2. The van der Waals surface area contributed by atoms with Gasteiger partial charge in [0.25, 0.3) is 0 Å². The Bertz CT molecular complexity index is 531. The van der Waals surface area contributed by atoms with Crippen LogP contribution in [0.15, 0.2) is 28.6 Å². The molecule has 19 heavy (non-hydrogen) atoms. The van der Waals surface area contributed by atoms with Crippen LogP contribution in [0.5, 0.6) is 5.75 Å². The number of benzene rings is 1. The number of aromatic nitrogens is 2. The molecule has 0 fully saturated rings. The summed E-state index contributed by atoms with van der Waals surface area (Å²) in [6, 6.07) is 7.48. The van der Waals surface area contributed by atoms with Gasteiger partial charge in [0.1, 0.15) is 11.6 Å². The number of hydrogen-bond acceptors (Lipinski definition) is 6. The van der Waals surface area contributed by atoms with Crippen molar-refractivity contribution in [2.45, 2.75) is 23.8 Å². The molecule has 4 nitrogen and oxygen atoms in total. The SMILES string of the molecule is CCc1nsc(SCC(O)c2cccc(OC)c2)n1. The third-order valence-electron chi connectivity index (χ3n) is 2.61. The highest BCUT2D eigenvalue weighted by Gasteiger charge is 2.11. The molecule has 0 aliphatic rings. The third-order valence-corrected chi connectivity index (χ3v) is 4.56. The summed E-state index contributed by atoms with van der Waals surface area (Å²) in [5.41, 5.74) is 0.854. The van der Waals surface area contributed by atoms with E-state index >= 15 is 0 Å². The van der Waals surface area contributed by atoms with E-state index in [0.717, 1.165) is 27.9 Å². The highest BCUT2D eigenvalue weighted by atomic mass is 32.2. The molecule has 1 heterocycles. The Kier molecular flexibility index (Phi) is 5.18. The van der Waals surface area contributed by atoms with Crippen molar-refractivity contribution in [2.75, 3.05) is 12.9 Å². The summed E-state index contributed by atoms with van der Waals surface area (Å²) in [7, 11) is 1.62. The van der Waals surface area contributed by atoms with E-state index in [1.807, 2.05) is 31.2 Å². The summed E-state index contributed by atoms with van der Waals surface area (Å²) in [4.78, 5) is 4.36. The van der Waals surface area contributed by atoms with Crippen molar-refractivity contribution in [3.05, 3.63) is 35.7 Å². The van der Waals surface area contributed by atoms with Crippen molar-refractivity contribution in [3.8, 4) is 5.75 Å². The molecule has 0 spiro atoms. The standard InChI is InChI=1S/C13H16N2O2S2/c1-3-12-14-13(19-15-12)18-8-11(16)9-5-4-6-10(7-9)17-2/h4-7,11,16H,3,8H2,1-2H3. The maximum Gasteiger partial charge on any atom is 0.170 e. The molecule has 1 aromatic carbocycles. The lowest BCUT2D eigenvalue weighted by molar-refractivity contribution is 0.203. The highest BCUT2D eigenvalue weighted by Crippen LogP contribution is 2.27. The van der Waals surface area contributed by atoms with Gasteiger partial charge in [-0.05, 0) is 29.2 Å². The van der Waals surface area contributed by atoms with Gasteiger partial charge in [-0.15, -0.1) is 0 Å². The molecule has 2 rings (SSSR count). The second kappa shape index (κ2) is 6.88. The average Bonchev–Trinajstić information content (AvgIpc) is 2.93. The summed E-state index contributed by atoms with van der Waals surface area (Å²) in [6.45, 7) is 2.03. The van der Waals surface area contributed by atoms with Gasteiger partial charge in [0, 0.05) is 12.2 Å². The molecule has 1 N–H and O–H groups in total. The molecule has 0 aliphatic carbocycles. The first-order valence-corrected chi connectivity index (χ1v) is 7.76. The van der Waals surface area contributed by atoms with E-state index in [1.54, 1.807) is 7.11 Å². The zero-order chi connectivity index (χ0) is 13.7. The molecule has 2 aromatic rings. The predicted octanol–water partition coefficient (Wildman–Crippen LogP) is 2.93. The van der Waals surface area contributed by atoms with E-state index in [2.05, 4.69) is 9.36 Å². The Morgan fingerprint density at radius 2 is 2.32 bits per heavy atom. The fourth-order valence-corrected chi connectivity index (χ4v) is 3.22. The van der Waals surface area contributed by atoms with E-state index < -0.39 is 6.10 Å². The Labute approximate surface area is 121 Å². The van der Waals surface area contributed by atoms with E-state index in [0.29, 0.717) is 5.75 Å². The minimum absolute atomic E-state index is 0.533. The number of methoxy groups -OCH3 is 1. The van der Waals surface area contributed by atoms with Crippen LogP contribution in [0.4, 0.5) is 0 Å². The lowest BCUT2D eigenvalue weighted by Gasteiger charge is -2.10. The monoisotopic (exact) mass is 296 g/mol. The van der Waals surface area contributed by atoms with Gasteiger partial charge in [0.2, 0.25) is 0 Å². The second-order valence-corrected chi connectivity index (χ2v) is 5.95. The van der Waals surface area contributed by atoms with Crippen LogP contribution < -0.4 is 4.74 Å². The Hall–Kier alpha value is -1.11. The molecule has 1 aromatic heterocycles. The first-order valence-electron chi connectivity index (χ1n) is 6.00. The molecule has 0 bridgehead atoms. The molecule has 1 unspecified atom stereocenters. The van der Waals surface area contributed by atoms with Gasteiger partial charge in [0.15, 0.2) is 4.34 Å². The smallest absolute Gasteiger partial charge is 0.170 e. The van der Waals surface area contributed by atoms with Gasteiger partial charge in [-0.3, -0.25) is 0 Å². The number of hydrogen-bond donors (Lipinski definition) is 1. The summed E-state index contributed by atoms with van der Waals surface area (Å²) in [6.07, 6.45) is 0.309. The molecule has 0 aliphatic heterocycles. The van der Waals surface area contributed by atoms with Crippen molar-refractivity contribution in [1.29, 1.82) is 0 Å². The Balaban J connectivity index is 1.94. The fraction of sp³-hybridized carbons (Fsp3) is 0.385. The third kappa shape index (κ3) is 3.92. The maximum absolute atomic E-state index is 10.1. The minimum atomic E-state index is -0.533. The number of rotatable bonds is 6. The van der Waals surface area contributed by atoms with E-state index in [1.165, 1.54) is 23.3 Å². The summed E-state index contributed by atoms with van der Waals surface area (Å²) in [5, 5.41) is 10.1. The van der Waals surface area contributed by atoms with Gasteiger partial charge < -0.3 is 9.84 Å². The van der Waals surface area contributed by atoms with Crippen molar-refractivity contribution < 1.29 is 9.84 Å². The average molecular weight is 296 g/mol. The number of thioether (sulfide) groups is 1. The quantitative estimate of drug-likeness (QED) is 0.831. The van der Waals surface area contributed by atoms with Gasteiger partial charge in [-0.1, -0.05) is 30.8 Å². The molecule has 0 saturated carbocycles. The molecular weight excluding hydrogens is 280 g/mol. The number of aliphatic hydroxyl groups excluding tert-OH is 1. The Morgan fingerprint density at radius 1 is 1.47 bits per heavy atom. The van der Waals surface area contributed by atoms with Gasteiger partial charge in [0.05, 0.1) is 13.2 Å². The first-order chi connectivity index (χ1) is 9.22. The summed E-state index contributed by atoms with van der Waals surface area (Å²) >= 11 is 2.91. The van der Waals surface area contributed by atoms with Gasteiger partial charge in [-0.2, -0.15) is 4.37 Å². The van der Waals surface area contributed by atoms with Crippen LogP contribution >= 0.6 is 23.3 Å². The van der Waals surface area contributed by atoms with Crippen molar-refractivity contribution >= 4 is 23.3 Å². The van der Waals surface area contributed by atoms with Crippen LogP contribution in [0, 0.1) is 0 Å². The van der Waals surface area contributed by atoms with Crippen LogP contribution in [0.1, 0.15) is 24.4 Å². The van der Waals surface area contributed by atoms with Crippen molar-refractivity contribution in [2.24, 2.45) is 0 Å². The van der Waals surface area contributed by atoms with Gasteiger partial charge >= 0.3 is 0 Å². The lowest BCUT2D eigenvalue weighted by Crippen LogP contribution is -2.00. The number of ether oxygens (including phenoxy) is 1. The van der Waals surface area contributed by atoms with E-state index in [4.69, 9.17) is 4.74 Å². The number of aliphatic hydroxyl groups is 1. The molecule has 1 atom stereocenters. The first kappa shape index (κ1) is 14.3. The largest absolute Gasteiger partial charge is 0.497 e. The number of aryl methyl sites for hydroxylation is 1. The van der Waals surface area contributed by atoms with Crippen LogP contribution in [-0.2, 0) is 6.42 Å². The lowest BCUT2D eigenvalue weighted by atomic mass is 10.1. The van der Waals surface area contributed by atoms with E-state index in [-0.39, 0.29) is 0 Å². The summed E-state index contributed by atoms with van der Waals surface area (Å²) < 4.78 is 10.3. The minimum Gasteiger partial charge on any atom is -0.497 e. The topological polar surface area (TPSA) is 55.2 Å². The zero-order valence-electron chi connectivity index (χ0n) is 10.9. The van der Waals surface area contributed by atoms with Crippen LogP contribution in [-0.4, -0.2) is 27.3 Å². The maximum atomic E-state index is 10.1. The highest BCUT2D eigenvalue weighted by molar-refractivity contribution is 8.00.